The Morgan fingerprint density at radius 3 is 2.90 bits per heavy atom. The number of aryl methyl sites for hydroxylation is 3. The van der Waals surface area contributed by atoms with Crippen LogP contribution >= 0.6 is 11.3 Å². The Morgan fingerprint density at radius 2 is 2.13 bits per heavy atom. The van der Waals surface area contributed by atoms with E-state index >= 15 is 0 Å². The van der Waals surface area contributed by atoms with Gasteiger partial charge in [0.05, 0.1) is 18.8 Å². The zero-order valence-corrected chi connectivity index (χ0v) is 19.2. The van der Waals surface area contributed by atoms with E-state index in [1.807, 2.05) is 31.2 Å². The van der Waals surface area contributed by atoms with E-state index in [0.717, 1.165) is 67.8 Å². The maximum absolute atomic E-state index is 13.2. The molecule has 6 nitrogen and oxygen atoms in total. The number of fused-ring (bicyclic) bond motifs is 3. The van der Waals surface area contributed by atoms with Crippen LogP contribution in [0.2, 0.25) is 0 Å². The number of hydrogen-bond donors (Lipinski definition) is 1. The van der Waals surface area contributed by atoms with E-state index in [9.17, 15) is 4.79 Å². The molecule has 0 bridgehead atoms. The van der Waals surface area contributed by atoms with Gasteiger partial charge in [-0.1, -0.05) is 12.1 Å². The van der Waals surface area contributed by atoms with Gasteiger partial charge < -0.3 is 14.8 Å². The molecule has 0 radical (unpaired) electrons. The first-order valence-electron chi connectivity index (χ1n) is 11.1. The molecule has 1 aliphatic rings. The highest BCUT2D eigenvalue weighted by Crippen LogP contribution is 2.33. The van der Waals surface area contributed by atoms with Crippen molar-refractivity contribution in [1.82, 2.24) is 14.9 Å². The number of methoxy groups -OCH3 is 1. The minimum atomic E-state index is 0.0964. The van der Waals surface area contributed by atoms with Crippen LogP contribution in [0.5, 0.6) is 5.75 Å². The normalized spacial score (nSPS) is 15.9. The molecule has 0 saturated heterocycles. The van der Waals surface area contributed by atoms with E-state index in [0.29, 0.717) is 12.6 Å². The fourth-order valence-corrected chi connectivity index (χ4v) is 5.46. The molecule has 1 N–H and O–H groups in total. The van der Waals surface area contributed by atoms with E-state index in [4.69, 9.17) is 9.47 Å². The number of aromatic nitrogens is 2. The number of benzene rings is 1. The molecule has 166 valence electrons. The van der Waals surface area contributed by atoms with Crippen molar-refractivity contribution in [1.29, 1.82) is 0 Å². The van der Waals surface area contributed by atoms with Crippen LogP contribution in [-0.4, -0.2) is 42.5 Å². The fourth-order valence-electron chi connectivity index (χ4n) is 4.20. The van der Waals surface area contributed by atoms with Gasteiger partial charge >= 0.3 is 0 Å². The minimum absolute atomic E-state index is 0.0964. The zero-order valence-electron chi connectivity index (χ0n) is 18.4. The number of thiophene rings is 1. The third kappa shape index (κ3) is 5.17. The second kappa shape index (κ2) is 10.4. The highest BCUT2D eigenvalue weighted by atomic mass is 32.1. The van der Waals surface area contributed by atoms with Gasteiger partial charge in [-0.3, -0.25) is 9.36 Å². The molecule has 2 aromatic heterocycles. The molecule has 31 heavy (non-hydrogen) atoms. The first kappa shape index (κ1) is 22.0. The molecule has 0 saturated carbocycles. The van der Waals surface area contributed by atoms with Crippen molar-refractivity contribution in [2.24, 2.45) is 0 Å². The van der Waals surface area contributed by atoms with Crippen molar-refractivity contribution in [3.63, 3.8) is 0 Å². The standard InChI is InChI=1S/C24H31N3O3S/c1-3-30-14-4-12-25-18-7-10-20-21(15-18)31-23-22(20)24(28)27(16-26-23)13-11-17-5-8-19(29-2)9-6-17/h5-6,8-9,16,18,25H,3-4,7,10-15H2,1-2H3/t18-/m0/s1. The lowest BCUT2D eigenvalue weighted by atomic mass is 9.93. The Hall–Kier alpha value is -2.22. The SMILES string of the molecule is CCOCCCN[C@H]1CCc2c(sc3ncn(CCc4ccc(OC)cc4)c(=O)c23)C1. The van der Waals surface area contributed by atoms with Crippen molar-refractivity contribution < 1.29 is 9.47 Å². The summed E-state index contributed by atoms with van der Waals surface area (Å²) in [5.74, 6) is 0.844. The molecule has 0 unspecified atom stereocenters. The average molecular weight is 442 g/mol. The topological polar surface area (TPSA) is 65.4 Å². The second-order valence-corrected chi connectivity index (χ2v) is 9.05. The summed E-state index contributed by atoms with van der Waals surface area (Å²) in [6.07, 6.45) is 6.52. The summed E-state index contributed by atoms with van der Waals surface area (Å²) in [7, 11) is 1.66. The van der Waals surface area contributed by atoms with Crippen LogP contribution in [0.25, 0.3) is 10.2 Å². The third-order valence-electron chi connectivity index (χ3n) is 5.94. The molecule has 0 aliphatic heterocycles. The van der Waals surface area contributed by atoms with Gasteiger partial charge in [0.2, 0.25) is 0 Å². The van der Waals surface area contributed by atoms with Gasteiger partial charge in [0, 0.05) is 30.7 Å². The molecule has 3 aromatic rings. The molecule has 2 heterocycles. The molecule has 0 fully saturated rings. The number of rotatable bonds is 10. The molecule has 7 heteroatoms. The Labute approximate surface area is 187 Å². The molecular formula is C24H31N3O3S. The van der Waals surface area contributed by atoms with Crippen LogP contribution in [0, 0.1) is 0 Å². The smallest absolute Gasteiger partial charge is 0.262 e. The third-order valence-corrected chi connectivity index (χ3v) is 7.10. The Balaban J connectivity index is 1.43. The summed E-state index contributed by atoms with van der Waals surface area (Å²) in [5.41, 5.74) is 2.50. The fraction of sp³-hybridized carbons (Fsp3) is 0.500. The van der Waals surface area contributed by atoms with Crippen LogP contribution in [0.1, 0.15) is 35.8 Å². The molecule has 0 amide bonds. The lowest BCUT2D eigenvalue weighted by Crippen LogP contribution is -2.35. The van der Waals surface area contributed by atoms with Gasteiger partial charge in [0.1, 0.15) is 10.6 Å². The summed E-state index contributed by atoms with van der Waals surface area (Å²) in [4.78, 5) is 20.1. The van der Waals surface area contributed by atoms with Crippen molar-refractivity contribution in [3.05, 3.63) is 57.0 Å². The Morgan fingerprint density at radius 1 is 1.29 bits per heavy atom. The Kier molecular flexibility index (Phi) is 7.37. The summed E-state index contributed by atoms with van der Waals surface area (Å²) in [5, 5.41) is 4.49. The van der Waals surface area contributed by atoms with Gasteiger partial charge in [-0.15, -0.1) is 11.3 Å². The average Bonchev–Trinajstić information content (AvgIpc) is 3.17. The lowest BCUT2D eigenvalue weighted by molar-refractivity contribution is 0.144. The highest BCUT2D eigenvalue weighted by molar-refractivity contribution is 7.18. The lowest BCUT2D eigenvalue weighted by Gasteiger charge is -2.23. The van der Waals surface area contributed by atoms with E-state index in [1.165, 1.54) is 16.0 Å². The van der Waals surface area contributed by atoms with Crippen LogP contribution < -0.4 is 15.6 Å². The van der Waals surface area contributed by atoms with Gasteiger partial charge in [-0.05, 0) is 68.8 Å². The van der Waals surface area contributed by atoms with Crippen LogP contribution in [0.4, 0.5) is 0 Å². The maximum Gasteiger partial charge on any atom is 0.262 e. The van der Waals surface area contributed by atoms with Crippen molar-refractivity contribution in [3.8, 4) is 5.75 Å². The van der Waals surface area contributed by atoms with Crippen LogP contribution in [-0.2, 0) is 30.5 Å². The summed E-state index contributed by atoms with van der Waals surface area (Å²) in [6.45, 7) is 5.21. The Bertz CT molecular complexity index is 1060. The quantitative estimate of drug-likeness (QED) is 0.487. The highest BCUT2D eigenvalue weighted by Gasteiger charge is 2.24. The van der Waals surface area contributed by atoms with Crippen molar-refractivity contribution in [2.75, 3.05) is 26.9 Å². The van der Waals surface area contributed by atoms with Gasteiger partial charge in [-0.2, -0.15) is 0 Å². The molecule has 0 spiro atoms. The summed E-state index contributed by atoms with van der Waals surface area (Å²) in [6, 6.07) is 8.47. The van der Waals surface area contributed by atoms with Gasteiger partial charge in [0.15, 0.2) is 0 Å². The van der Waals surface area contributed by atoms with E-state index in [-0.39, 0.29) is 5.56 Å². The van der Waals surface area contributed by atoms with Gasteiger partial charge in [0.25, 0.3) is 5.56 Å². The maximum atomic E-state index is 13.2. The van der Waals surface area contributed by atoms with Crippen LogP contribution in [0.15, 0.2) is 35.4 Å². The largest absolute Gasteiger partial charge is 0.497 e. The first-order valence-corrected chi connectivity index (χ1v) is 11.9. The van der Waals surface area contributed by atoms with E-state index < -0.39 is 0 Å². The van der Waals surface area contributed by atoms with E-state index in [1.54, 1.807) is 29.3 Å². The molecular weight excluding hydrogens is 410 g/mol. The molecule has 1 atom stereocenters. The number of hydrogen-bond acceptors (Lipinski definition) is 6. The molecule has 1 aliphatic carbocycles. The zero-order chi connectivity index (χ0) is 21.6. The molecule has 4 rings (SSSR count). The minimum Gasteiger partial charge on any atom is -0.497 e. The van der Waals surface area contributed by atoms with Crippen molar-refractivity contribution in [2.45, 2.75) is 51.6 Å². The predicted molar refractivity (Wildman–Crippen MR) is 126 cm³/mol. The number of nitrogens with zero attached hydrogens (tertiary/aromatic N) is 2. The summed E-state index contributed by atoms with van der Waals surface area (Å²) < 4.78 is 12.4. The van der Waals surface area contributed by atoms with Crippen molar-refractivity contribution >= 4 is 21.6 Å². The van der Waals surface area contributed by atoms with E-state index in [2.05, 4.69) is 10.3 Å². The predicted octanol–water partition coefficient (Wildman–Crippen LogP) is 3.58. The molecule has 1 aromatic carbocycles. The number of ether oxygens (including phenoxy) is 2. The van der Waals surface area contributed by atoms with Crippen LogP contribution in [0.3, 0.4) is 0 Å². The number of nitrogens with one attached hydrogen (secondary N) is 1. The first-order chi connectivity index (χ1) is 15.2. The summed E-state index contributed by atoms with van der Waals surface area (Å²) >= 11 is 1.69. The second-order valence-electron chi connectivity index (χ2n) is 7.97. The monoisotopic (exact) mass is 441 g/mol. The van der Waals surface area contributed by atoms with Gasteiger partial charge in [-0.25, -0.2) is 4.98 Å².